The van der Waals surface area contributed by atoms with Crippen molar-refractivity contribution in [2.45, 2.75) is 19.8 Å². The summed E-state index contributed by atoms with van der Waals surface area (Å²) in [7, 11) is 0. The van der Waals surface area contributed by atoms with E-state index in [1.807, 2.05) is 37.3 Å². The van der Waals surface area contributed by atoms with Gasteiger partial charge in [-0.15, -0.1) is 0 Å². The standard InChI is InChI=1S/C20H20Cl2N2O2/c1-13-2-5-17(22)11-18(13)24-12-15(10-19(24)25)20(26)23-9-8-14-3-6-16(21)7-4-14/h2-7,11,15H,8-10,12H2,1H3,(H,23,26). The molecule has 1 fully saturated rings. The number of benzene rings is 2. The van der Waals surface area contributed by atoms with E-state index >= 15 is 0 Å². The first-order valence-electron chi connectivity index (χ1n) is 8.52. The minimum atomic E-state index is -0.342. The molecule has 1 N–H and O–H groups in total. The van der Waals surface area contributed by atoms with Crippen LogP contribution in [0.2, 0.25) is 10.0 Å². The lowest BCUT2D eigenvalue weighted by Gasteiger charge is -2.19. The Morgan fingerprint density at radius 1 is 1.15 bits per heavy atom. The van der Waals surface area contributed by atoms with Crippen LogP contribution in [0.1, 0.15) is 17.5 Å². The lowest BCUT2D eigenvalue weighted by molar-refractivity contribution is -0.126. The van der Waals surface area contributed by atoms with E-state index in [0.717, 1.165) is 23.2 Å². The highest BCUT2D eigenvalue weighted by Gasteiger charge is 2.35. The molecule has 2 aromatic carbocycles. The van der Waals surface area contributed by atoms with Crippen LogP contribution in [0.3, 0.4) is 0 Å². The maximum Gasteiger partial charge on any atom is 0.227 e. The van der Waals surface area contributed by atoms with Crippen LogP contribution in [-0.4, -0.2) is 24.9 Å². The van der Waals surface area contributed by atoms with Crippen LogP contribution in [0.4, 0.5) is 5.69 Å². The van der Waals surface area contributed by atoms with Crippen LogP contribution in [0.25, 0.3) is 0 Å². The van der Waals surface area contributed by atoms with Crippen molar-refractivity contribution in [3.05, 3.63) is 63.6 Å². The first-order chi connectivity index (χ1) is 12.4. The van der Waals surface area contributed by atoms with Crippen molar-refractivity contribution >= 4 is 40.7 Å². The predicted molar refractivity (Wildman–Crippen MR) is 105 cm³/mol. The van der Waals surface area contributed by atoms with Gasteiger partial charge in [0, 0.05) is 35.2 Å². The molecule has 4 nitrogen and oxygen atoms in total. The summed E-state index contributed by atoms with van der Waals surface area (Å²) in [6, 6.07) is 13.0. The number of anilines is 1. The average Bonchev–Trinajstić information content (AvgIpc) is 3.00. The SMILES string of the molecule is Cc1ccc(Cl)cc1N1CC(C(=O)NCCc2ccc(Cl)cc2)CC1=O. The molecule has 1 aliphatic heterocycles. The van der Waals surface area contributed by atoms with Gasteiger partial charge in [-0.1, -0.05) is 41.4 Å². The Morgan fingerprint density at radius 2 is 1.85 bits per heavy atom. The highest BCUT2D eigenvalue weighted by Crippen LogP contribution is 2.30. The fourth-order valence-electron chi connectivity index (χ4n) is 3.11. The van der Waals surface area contributed by atoms with Gasteiger partial charge >= 0.3 is 0 Å². The van der Waals surface area contributed by atoms with Gasteiger partial charge in [0.15, 0.2) is 0 Å². The number of carbonyl (C=O) groups is 2. The highest BCUT2D eigenvalue weighted by molar-refractivity contribution is 6.31. The van der Waals surface area contributed by atoms with Crippen LogP contribution in [-0.2, 0) is 16.0 Å². The third-order valence-electron chi connectivity index (χ3n) is 4.58. The molecule has 1 aliphatic rings. The normalized spacial score (nSPS) is 16.8. The van der Waals surface area contributed by atoms with Crippen molar-refractivity contribution in [2.75, 3.05) is 18.0 Å². The van der Waals surface area contributed by atoms with Crippen LogP contribution in [0.5, 0.6) is 0 Å². The molecule has 0 radical (unpaired) electrons. The summed E-state index contributed by atoms with van der Waals surface area (Å²) in [4.78, 5) is 26.5. The number of hydrogen-bond acceptors (Lipinski definition) is 2. The molecular formula is C20H20Cl2N2O2. The molecule has 0 bridgehead atoms. The number of nitrogens with zero attached hydrogens (tertiary/aromatic N) is 1. The number of aryl methyl sites for hydroxylation is 1. The maximum atomic E-state index is 12.4. The summed E-state index contributed by atoms with van der Waals surface area (Å²) in [6.07, 6.45) is 0.944. The van der Waals surface area contributed by atoms with Gasteiger partial charge in [-0.05, 0) is 48.7 Å². The lowest BCUT2D eigenvalue weighted by Crippen LogP contribution is -2.34. The number of hydrogen-bond donors (Lipinski definition) is 1. The van der Waals surface area contributed by atoms with Gasteiger partial charge in [0.05, 0.1) is 5.92 Å². The van der Waals surface area contributed by atoms with Gasteiger partial charge in [0.1, 0.15) is 0 Å². The van der Waals surface area contributed by atoms with E-state index in [-0.39, 0.29) is 24.2 Å². The number of amides is 2. The third kappa shape index (κ3) is 4.37. The van der Waals surface area contributed by atoms with Crippen LogP contribution in [0, 0.1) is 12.8 Å². The van der Waals surface area contributed by atoms with E-state index in [1.54, 1.807) is 17.0 Å². The Bertz CT molecular complexity index is 821. The molecule has 1 saturated heterocycles. The van der Waals surface area contributed by atoms with Gasteiger partial charge in [0.25, 0.3) is 0 Å². The van der Waals surface area contributed by atoms with Crippen molar-refractivity contribution < 1.29 is 9.59 Å². The van der Waals surface area contributed by atoms with Gasteiger partial charge in [-0.25, -0.2) is 0 Å². The molecule has 0 aromatic heterocycles. The Balaban J connectivity index is 1.56. The second kappa shape index (κ2) is 8.11. The Kier molecular flexibility index (Phi) is 5.84. The van der Waals surface area contributed by atoms with E-state index in [9.17, 15) is 9.59 Å². The zero-order valence-electron chi connectivity index (χ0n) is 14.5. The Hall–Kier alpha value is -2.04. The molecule has 26 heavy (non-hydrogen) atoms. The molecule has 1 atom stereocenters. The Labute approximate surface area is 163 Å². The average molecular weight is 391 g/mol. The Morgan fingerprint density at radius 3 is 2.58 bits per heavy atom. The molecule has 0 spiro atoms. The molecular weight excluding hydrogens is 371 g/mol. The molecule has 2 aromatic rings. The van der Waals surface area contributed by atoms with Crippen LogP contribution < -0.4 is 10.2 Å². The smallest absolute Gasteiger partial charge is 0.227 e. The fraction of sp³-hybridized carbons (Fsp3) is 0.300. The zero-order chi connectivity index (χ0) is 18.7. The number of rotatable bonds is 5. The van der Waals surface area contributed by atoms with E-state index < -0.39 is 0 Å². The van der Waals surface area contributed by atoms with Gasteiger partial charge in [-0.3, -0.25) is 9.59 Å². The van der Waals surface area contributed by atoms with Crippen molar-refractivity contribution in [3.8, 4) is 0 Å². The minimum absolute atomic E-state index is 0.0479. The molecule has 3 rings (SSSR count). The van der Waals surface area contributed by atoms with Crippen molar-refractivity contribution in [1.82, 2.24) is 5.32 Å². The number of carbonyl (C=O) groups excluding carboxylic acids is 2. The lowest BCUT2D eigenvalue weighted by atomic mass is 10.1. The molecule has 6 heteroatoms. The van der Waals surface area contributed by atoms with Gasteiger partial charge in [-0.2, -0.15) is 0 Å². The predicted octanol–water partition coefficient (Wildman–Crippen LogP) is 4.01. The molecule has 2 amide bonds. The monoisotopic (exact) mass is 390 g/mol. The van der Waals surface area contributed by atoms with E-state index in [1.165, 1.54) is 0 Å². The summed E-state index contributed by atoms with van der Waals surface area (Å²) in [5.41, 5.74) is 2.85. The zero-order valence-corrected chi connectivity index (χ0v) is 16.0. The van der Waals surface area contributed by atoms with E-state index in [4.69, 9.17) is 23.2 Å². The molecule has 0 saturated carbocycles. The molecule has 1 unspecified atom stereocenters. The summed E-state index contributed by atoms with van der Waals surface area (Å²) in [6.45, 7) is 2.84. The molecule has 1 heterocycles. The first kappa shape index (κ1) is 18.7. The number of nitrogens with one attached hydrogen (secondary N) is 1. The topological polar surface area (TPSA) is 49.4 Å². The summed E-state index contributed by atoms with van der Waals surface area (Å²) >= 11 is 11.9. The number of halogens is 2. The summed E-state index contributed by atoms with van der Waals surface area (Å²) in [5.74, 6) is -0.478. The second-order valence-electron chi connectivity index (χ2n) is 6.50. The quantitative estimate of drug-likeness (QED) is 0.837. The van der Waals surface area contributed by atoms with Crippen molar-refractivity contribution in [3.63, 3.8) is 0 Å². The van der Waals surface area contributed by atoms with Crippen molar-refractivity contribution in [1.29, 1.82) is 0 Å². The first-order valence-corrected chi connectivity index (χ1v) is 9.28. The largest absolute Gasteiger partial charge is 0.355 e. The minimum Gasteiger partial charge on any atom is -0.355 e. The third-order valence-corrected chi connectivity index (χ3v) is 5.07. The molecule has 136 valence electrons. The van der Waals surface area contributed by atoms with Gasteiger partial charge in [0.2, 0.25) is 11.8 Å². The fourth-order valence-corrected chi connectivity index (χ4v) is 3.41. The van der Waals surface area contributed by atoms with Gasteiger partial charge < -0.3 is 10.2 Å². The highest BCUT2D eigenvalue weighted by atomic mass is 35.5. The van der Waals surface area contributed by atoms with E-state index in [0.29, 0.717) is 23.1 Å². The maximum absolute atomic E-state index is 12.4. The summed E-state index contributed by atoms with van der Waals surface area (Å²) < 4.78 is 0. The van der Waals surface area contributed by atoms with Crippen LogP contribution in [0.15, 0.2) is 42.5 Å². The van der Waals surface area contributed by atoms with E-state index in [2.05, 4.69) is 5.32 Å². The van der Waals surface area contributed by atoms with Crippen LogP contribution >= 0.6 is 23.2 Å². The van der Waals surface area contributed by atoms with Crippen molar-refractivity contribution in [2.24, 2.45) is 5.92 Å². The molecule has 0 aliphatic carbocycles. The summed E-state index contributed by atoms with van der Waals surface area (Å²) in [5, 5.41) is 4.20. The second-order valence-corrected chi connectivity index (χ2v) is 7.38.